The fourth-order valence-corrected chi connectivity index (χ4v) is 9.78. The van der Waals surface area contributed by atoms with Gasteiger partial charge in [0.2, 0.25) is 0 Å². The molecule has 8 rings (SSSR count). The molecule has 21 heavy (non-hydrogen) atoms. The van der Waals surface area contributed by atoms with E-state index in [1.165, 1.54) is 0 Å². The molecule has 8 aliphatic rings. The maximum absolute atomic E-state index is 12.2. The van der Waals surface area contributed by atoms with Gasteiger partial charge in [0.05, 0.1) is 36.2 Å². The summed E-state index contributed by atoms with van der Waals surface area (Å²) in [5, 5.41) is 0. The minimum absolute atomic E-state index is 0.119. The first-order valence-electron chi connectivity index (χ1n) is 7.92. The van der Waals surface area contributed by atoms with Gasteiger partial charge in [-0.05, 0) is 23.7 Å². The van der Waals surface area contributed by atoms with Crippen LogP contribution in [0.25, 0.3) is 0 Å². The van der Waals surface area contributed by atoms with Gasteiger partial charge in [0.1, 0.15) is 6.29 Å². The molecule has 0 amide bonds. The molecule has 2 spiro atoms. The topological polar surface area (TPSA) is 54.0 Å². The van der Waals surface area contributed by atoms with E-state index in [1.807, 2.05) is 0 Å². The molecule has 2 saturated heterocycles. The zero-order valence-electron chi connectivity index (χ0n) is 11.3. The monoisotopic (exact) mass is 354 g/mol. The molecule has 2 heterocycles. The van der Waals surface area contributed by atoms with E-state index in [-0.39, 0.29) is 16.2 Å². The van der Waals surface area contributed by atoms with Gasteiger partial charge in [-0.3, -0.25) is 0 Å². The molecule has 0 unspecified atom stereocenters. The van der Waals surface area contributed by atoms with Crippen molar-refractivity contribution in [2.24, 2.45) is 40.9 Å². The van der Waals surface area contributed by atoms with Crippen LogP contribution in [0.2, 0.25) is 0 Å². The Morgan fingerprint density at radius 1 is 0.762 bits per heavy atom. The zero-order valence-corrected chi connectivity index (χ0v) is 12.9. The molecule has 8 atom stereocenters. The number of alkyl halides is 1. The lowest BCUT2D eigenvalue weighted by Gasteiger charge is -2.70. The number of hydrogen-bond donors (Lipinski definition) is 0. The Kier molecular flexibility index (Phi) is 1.52. The quantitative estimate of drug-likeness (QED) is 0.508. The molecule has 0 radical (unpaired) electrons. The van der Waals surface area contributed by atoms with Gasteiger partial charge in [-0.2, -0.15) is 0 Å². The molecular formula is C15H15BrO5. The molecule has 4 bridgehead atoms. The summed E-state index contributed by atoms with van der Waals surface area (Å²) < 4.78 is 24.5. The van der Waals surface area contributed by atoms with Crippen LogP contribution in [0.4, 0.5) is 0 Å². The number of ether oxygens (including phenoxy) is 4. The van der Waals surface area contributed by atoms with Gasteiger partial charge in [-0.1, -0.05) is 15.9 Å². The standard InChI is InChI=1S/C15H15BrO5/c16-13-8-6-9(13)11-10(15(13)20-3-4-21-15)7(8)12(6,5-17)14(11)18-1-2-19-14/h5-11H,1-4H2/t6-,7-,8+,9-,10-,11+,12-,13-/m0/s1. The highest BCUT2D eigenvalue weighted by Gasteiger charge is 3.08. The lowest BCUT2D eigenvalue weighted by molar-refractivity contribution is -0.278. The number of rotatable bonds is 1. The largest absolute Gasteiger partial charge is 0.346 e. The van der Waals surface area contributed by atoms with Crippen molar-refractivity contribution in [3.05, 3.63) is 0 Å². The van der Waals surface area contributed by atoms with Crippen molar-refractivity contribution in [2.75, 3.05) is 26.4 Å². The molecular weight excluding hydrogens is 340 g/mol. The van der Waals surface area contributed by atoms with Crippen molar-refractivity contribution < 1.29 is 23.7 Å². The third-order valence-electron chi connectivity index (χ3n) is 8.04. The van der Waals surface area contributed by atoms with E-state index in [0.717, 1.165) is 6.29 Å². The Bertz CT molecular complexity index is 611. The van der Waals surface area contributed by atoms with Gasteiger partial charge in [0, 0.05) is 11.8 Å². The van der Waals surface area contributed by atoms with Crippen LogP contribution < -0.4 is 0 Å². The molecule has 0 N–H and O–H groups in total. The predicted octanol–water partition coefficient (Wildman–Crippen LogP) is 0.557. The first-order valence-corrected chi connectivity index (χ1v) is 8.71. The van der Waals surface area contributed by atoms with Crippen molar-refractivity contribution in [2.45, 2.75) is 15.9 Å². The van der Waals surface area contributed by atoms with E-state index in [2.05, 4.69) is 15.9 Å². The van der Waals surface area contributed by atoms with Crippen molar-refractivity contribution in [1.82, 2.24) is 0 Å². The van der Waals surface area contributed by atoms with Gasteiger partial charge in [-0.15, -0.1) is 0 Å². The summed E-state index contributed by atoms with van der Waals surface area (Å²) in [4.78, 5) is 12.2. The molecule has 0 aromatic heterocycles. The molecule has 6 saturated carbocycles. The van der Waals surface area contributed by atoms with Gasteiger partial charge >= 0.3 is 0 Å². The lowest BCUT2D eigenvalue weighted by atomic mass is 9.35. The summed E-state index contributed by atoms with van der Waals surface area (Å²) in [7, 11) is 0. The van der Waals surface area contributed by atoms with Gasteiger partial charge < -0.3 is 23.7 Å². The number of carbonyl (C=O) groups excluding carboxylic acids is 1. The van der Waals surface area contributed by atoms with E-state index in [0.29, 0.717) is 50.1 Å². The minimum atomic E-state index is -0.690. The van der Waals surface area contributed by atoms with E-state index in [9.17, 15) is 4.79 Å². The van der Waals surface area contributed by atoms with Crippen LogP contribution in [0.3, 0.4) is 0 Å². The second kappa shape index (κ2) is 2.77. The van der Waals surface area contributed by atoms with Crippen LogP contribution in [0.1, 0.15) is 0 Å². The summed E-state index contributed by atoms with van der Waals surface area (Å²) in [6.07, 6.45) is 1.16. The lowest BCUT2D eigenvalue weighted by Crippen LogP contribution is -2.76. The number of aldehydes is 1. The third kappa shape index (κ3) is 0.660. The van der Waals surface area contributed by atoms with E-state index in [4.69, 9.17) is 18.9 Å². The predicted molar refractivity (Wildman–Crippen MR) is 70.4 cm³/mol. The SMILES string of the molecule is O=C[C@]12[C@@H]3[C@H]4[C@H]([C@@H]5[C@@H]1[C@@H]3[C@@]4(Br)C51OCCO1)C21OCCO1. The first-order chi connectivity index (χ1) is 10.2. The van der Waals surface area contributed by atoms with Crippen LogP contribution in [-0.4, -0.2) is 48.6 Å². The van der Waals surface area contributed by atoms with E-state index >= 15 is 0 Å². The van der Waals surface area contributed by atoms with Crippen LogP contribution >= 0.6 is 15.9 Å². The number of hydrogen-bond acceptors (Lipinski definition) is 5. The Hall–Kier alpha value is -0.0100. The van der Waals surface area contributed by atoms with Crippen molar-refractivity contribution in [3.8, 4) is 0 Å². The normalized spacial score (nSPS) is 68.0. The average Bonchev–Trinajstić information content (AvgIpc) is 3.24. The first kappa shape index (κ1) is 11.5. The smallest absolute Gasteiger partial charge is 0.188 e. The van der Waals surface area contributed by atoms with Crippen molar-refractivity contribution in [3.63, 3.8) is 0 Å². The maximum atomic E-state index is 12.2. The highest BCUT2D eigenvalue weighted by Crippen LogP contribution is 3.00. The number of carbonyl (C=O) groups is 1. The fourth-order valence-electron chi connectivity index (χ4n) is 8.15. The van der Waals surface area contributed by atoms with Gasteiger partial charge in [0.25, 0.3) is 0 Å². The molecule has 8 fully saturated rings. The molecule has 0 aromatic rings. The van der Waals surface area contributed by atoms with Crippen LogP contribution in [-0.2, 0) is 23.7 Å². The van der Waals surface area contributed by atoms with E-state index in [1.54, 1.807) is 0 Å². The average molecular weight is 355 g/mol. The minimum Gasteiger partial charge on any atom is -0.346 e. The molecule has 5 nitrogen and oxygen atoms in total. The molecule has 112 valence electrons. The van der Waals surface area contributed by atoms with Gasteiger partial charge in [0.15, 0.2) is 11.6 Å². The van der Waals surface area contributed by atoms with E-state index < -0.39 is 17.0 Å². The van der Waals surface area contributed by atoms with Crippen molar-refractivity contribution >= 4 is 22.2 Å². The molecule has 0 aromatic carbocycles. The second-order valence-electron chi connectivity index (χ2n) is 7.70. The van der Waals surface area contributed by atoms with Crippen LogP contribution in [0, 0.1) is 40.9 Å². The summed E-state index contributed by atoms with van der Waals surface area (Å²) >= 11 is 4.03. The Morgan fingerprint density at radius 3 is 1.86 bits per heavy atom. The summed E-state index contributed by atoms with van der Waals surface area (Å²) in [6.45, 7) is 2.49. The van der Waals surface area contributed by atoms with Crippen molar-refractivity contribution in [1.29, 1.82) is 0 Å². The highest BCUT2D eigenvalue weighted by atomic mass is 79.9. The summed E-state index contributed by atoms with van der Waals surface area (Å²) in [5.41, 5.74) is -0.440. The summed E-state index contributed by atoms with van der Waals surface area (Å²) in [6, 6.07) is 0. The maximum Gasteiger partial charge on any atom is 0.188 e. The Labute approximate surface area is 129 Å². The highest BCUT2D eigenvalue weighted by molar-refractivity contribution is 9.10. The molecule has 6 heteroatoms. The third-order valence-corrected chi connectivity index (χ3v) is 9.65. The summed E-state index contributed by atoms with van der Waals surface area (Å²) in [5.74, 6) is 0.807. The number of halogens is 1. The second-order valence-corrected chi connectivity index (χ2v) is 9.01. The Balaban J connectivity index is 1.54. The fraction of sp³-hybridized carbons (Fsp3) is 0.933. The zero-order chi connectivity index (χ0) is 13.8. The van der Waals surface area contributed by atoms with Crippen LogP contribution in [0.15, 0.2) is 0 Å². The molecule has 6 aliphatic carbocycles. The van der Waals surface area contributed by atoms with Gasteiger partial charge in [-0.25, -0.2) is 0 Å². The Morgan fingerprint density at radius 2 is 1.24 bits per heavy atom. The molecule has 2 aliphatic heterocycles. The van der Waals surface area contributed by atoms with Crippen LogP contribution in [0.5, 0.6) is 0 Å².